The van der Waals surface area contributed by atoms with Gasteiger partial charge in [-0.1, -0.05) is 0 Å². The molecule has 0 radical (unpaired) electrons. The number of rotatable bonds is 2. The standard InChI is InChI=1S/C12H19BrN2S/c1-7(2)15-5-4-10(14)12(15)11-6-9(13)8(3)16-11/h6-7,10,12H,4-5,14H2,1-3H3. The fourth-order valence-electron chi connectivity index (χ4n) is 2.42. The Kier molecular flexibility index (Phi) is 3.74. The zero-order valence-electron chi connectivity index (χ0n) is 10.0. The van der Waals surface area contributed by atoms with E-state index >= 15 is 0 Å². The van der Waals surface area contributed by atoms with Crippen LogP contribution in [0, 0.1) is 6.92 Å². The molecule has 16 heavy (non-hydrogen) atoms. The molecule has 2 unspecified atom stereocenters. The number of hydrogen-bond donors (Lipinski definition) is 1. The highest BCUT2D eigenvalue weighted by atomic mass is 79.9. The average molecular weight is 303 g/mol. The molecule has 0 aromatic carbocycles. The summed E-state index contributed by atoms with van der Waals surface area (Å²) >= 11 is 5.46. The summed E-state index contributed by atoms with van der Waals surface area (Å²) in [7, 11) is 0. The van der Waals surface area contributed by atoms with Gasteiger partial charge in [-0.25, -0.2) is 0 Å². The van der Waals surface area contributed by atoms with Crippen LogP contribution in [0.2, 0.25) is 0 Å². The number of nitrogens with two attached hydrogens (primary N) is 1. The summed E-state index contributed by atoms with van der Waals surface area (Å²) in [4.78, 5) is 5.27. The number of aryl methyl sites for hydroxylation is 1. The molecule has 2 heterocycles. The lowest BCUT2D eigenvalue weighted by atomic mass is 10.1. The molecule has 1 saturated heterocycles. The predicted molar refractivity (Wildman–Crippen MR) is 73.9 cm³/mol. The van der Waals surface area contributed by atoms with Crippen LogP contribution in [-0.2, 0) is 0 Å². The smallest absolute Gasteiger partial charge is 0.0596 e. The molecule has 2 nitrogen and oxygen atoms in total. The largest absolute Gasteiger partial charge is 0.326 e. The van der Waals surface area contributed by atoms with E-state index in [0.717, 1.165) is 13.0 Å². The molecule has 90 valence electrons. The molecule has 0 bridgehead atoms. The highest BCUT2D eigenvalue weighted by Gasteiger charge is 2.35. The summed E-state index contributed by atoms with van der Waals surface area (Å²) in [6.45, 7) is 7.78. The van der Waals surface area contributed by atoms with Crippen molar-refractivity contribution in [2.75, 3.05) is 6.54 Å². The molecule has 0 spiro atoms. The molecule has 1 aromatic heterocycles. The van der Waals surface area contributed by atoms with Crippen molar-refractivity contribution in [3.05, 3.63) is 20.3 Å². The van der Waals surface area contributed by atoms with Crippen LogP contribution in [0.1, 0.15) is 36.1 Å². The molecule has 1 aliphatic rings. The second-order valence-corrected chi connectivity index (χ2v) is 6.92. The highest BCUT2D eigenvalue weighted by molar-refractivity contribution is 9.10. The third-order valence-electron chi connectivity index (χ3n) is 3.31. The Hall–Kier alpha value is 0.100. The van der Waals surface area contributed by atoms with Crippen LogP contribution in [0.25, 0.3) is 0 Å². The molecule has 0 saturated carbocycles. The maximum Gasteiger partial charge on any atom is 0.0596 e. The molecule has 1 aromatic rings. The van der Waals surface area contributed by atoms with E-state index < -0.39 is 0 Å². The molecular formula is C12H19BrN2S. The first-order valence-corrected chi connectivity index (χ1v) is 7.38. The number of likely N-dealkylation sites (tertiary alicyclic amines) is 1. The summed E-state index contributed by atoms with van der Waals surface area (Å²) in [5, 5.41) is 0. The van der Waals surface area contributed by atoms with Crippen LogP contribution in [0.5, 0.6) is 0 Å². The van der Waals surface area contributed by atoms with Crippen LogP contribution in [0.4, 0.5) is 0 Å². The van der Waals surface area contributed by atoms with Crippen LogP contribution in [0.15, 0.2) is 10.5 Å². The van der Waals surface area contributed by atoms with Gasteiger partial charge in [-0.3, -0.25) is 4.90 Å². The van der Waals surface area contributed by atoms with E-state index in [4.69, 9.17) is 5.73 Å². The van der Waals surface area contributed by atoms with Gasteiger partial charge in [-0.05, 0) is 49.2 Å². The summed E-state index contributed by atoms with van der Waals surface area (Å²) in [6, 6.07) is 3.51. The van der Waals surface area contributed by atoms with Crippen molar-refractivity contribution < 1.29 is 0 Å². The Morgan fingerprint density at radius 2 is 2.25 bits per heavy atom. The minimum absolute atomic E-state index is 0.285. The van der Waals surface area contributed by atoms with Crippen LogP contribution >= 0.6 is 27.3 Å². The van der Waals surface area contributed by atoms with Gasteiger partial charge in [0.2, 0.25) is 0 Å². The van der Waals surface area contributed by atoms with Crippen molar-refractivity contribution >= 4 is 27.3 Å². The zero-order valence-corrected chi connectivity index (χ0v) is 12.4. The van der Waals surface area contributed by atoms with Crippen LogP contribution in [-0.4, -0.2) is 23.5 Å². The number of nitrogens with zero attached hydrogens (tertiary/aromatic N) is 1. The fourth-order valence-corrected chi connectivity index (χ4v) is 4.18. The van der Waals surface area contributed by atoms with Crippen molar-refractivity contribution in [1.82, 2.24) is 4.90 Å². The summed E-state index contributed by atoms with van der Waals surface area (Å²) < 4.78 is 1.22. The Morgan fingerprint density at radius 3 is 2.75 bits per heavy atom. The van der Waals surface area contributed by atoms with Crippen molar-refractivity contribution in [2.24, 2.45) is 5.73 Å². The third-order valence-corrected chi connectivity index (χ3v) is 5.52. The number of thiophene rings is 1. The molecule has 4 heteroatoms. The van der Waals surface area contributed by atoms with E-state index in [1.54, 1.807) is 0 Å². The molecule has 0 amide bonds. The summed E-state index contributed by atoms with van der Waals surface area (Å²) in [5.41, 5.74) is 6.25. The minimum atomic E-state index is 0.285. The van der Waals surface area contributed by atoms with Gasteiger partial charge in [-0.15, -0.1) is 11.3 Å². The van der Waals surface area contributed by atoms with Gasteiger partial charge in [0.15, 0.2) is 0 Å². The first kappa shape index (κ1) is 12.6. The average Bonchev–Trinajstić information content (AvgIpc) is 2.71. The monoisotopic (exact) mass is 302 g/mol. The molecule has 2 atom stereocenters. The van der Waals surface area contributed by atoms with E-state index in [9.17, 15) is 0 Å². The quantitative estimate of drug-likeness (QED) is 0.908. The van der Waals surface area contributed by atoms with Crippen molar-refractivity contribution in [3.8, 4) is 0 Å². The normalized spacial score (nSPS) is 26.9. The van der Waals surface area contributed by atoms with Crippen LogP contribution < -0.4 is 5.73 Å². The lowest BCUT2D eigenvalue weighted by Gasteiger charge is -2.29. The van der Waals surface area contributed by atoms with E-state index in [1.165, 1.54) is 14.2 Å². The Balaban J connectivity index is 2.29. The Labute approximate surface area is 110 Å². The Morgan fingerprint density at radius 1 is 1.56 bits per heavy atom. The number of hydrogen-bond acceptors (Lipinski definition) is 3. The van der Waals surface area contributed by atoms with Gasteiger partial charge < -0.3 is 5.73 Å². The topological polar surface area (TPSA) is 29.3 Å². The maximum atomic E-state index is 6.25. The van der Waals surface area contributed by atoms with Gasteiger partial charge in [0, 0.05) is 32.9 Å². The van der Waals surface area contributed by atoms with E-state index in [2.05, 4.69) is 47.7 Å². The maximum absolute atomic E-state index is 6.25. The zero-order chi connectivity index (χ0) is 11.9. The van der Waals surface area contributed by atoms with Crippen molar-refractivity contribution in [3.63, 3.8) is 0 Å². The van der Waals surface area contributed by atoms with Crippen LogP contribution in [0.3, 0.4) is 0 Å². The van der Waals surface area contributed by atoms with E-state index in [1.807, 2.05) is 11.3 Å². The summed E-state index contributed by atoms with van der Waals surface area (Å²) in [6.07, 6.45) is 1.11. The molecule has 1 fully saturated rings. The first-order valence-electron chi connectivity index (χ1n) is 5.78. The first-order chi connectivity index (χ1) is 7.50. The van der Waals surface area contributed by atoms with E-state index in [-0.39, 0.29) is 6.04 Å². The van der Waals surface area contributed by atoms with Gasteiger partial charge in [0.25, 0.3) is 0 Å². The minimum Gasteiger partial charge on any atom is -0.326 e. The molecule has 1 aliphatic heterocycles. The van der Waals surface area contributed by atoms with E-state index in [0.29, 0.717) is 12.1 Å². The third kappa shape index (κ3) is 2.21. The van der Waals surface area contributed by atoms with Gasteiger partial charge in [-0.2, -0.15) is 0 Å². The lowest BCUT2D eigenvalue weighted by Crippen LogP contribution is -2.35. The summed E-state index contributed by atoms with van der Waals surface area (Å²) in [5.74, 6) is 0. The number of halogens is 1. The molecule has 2 rings (SSSR count). The molecule has 0 aliphatic carbocycles. The van der Waals surface area contributed by atoms with Crippen molar-refractivity contribution in [1.29, 1.82) is 0 Å². The second-order valence-electron chi connectivity index (χ2n) is 4.78. The highest BCUT2D eigenvalue weighted by Crippen LogP contribution is 2.39. The molecule has 2 N–H and O–H groups in total. The predicted octanol–water partition coefficient (Wildman–Crippen LogP) is 3.30. The fraction of sp³-hybridized carbons (Fsp3) is 0.667. The lowest BCUT2D eigenvalue weighted by molar-refractivity contribution is 0.201. The van der Waals surface area contributed by atoms with Gasteiger partial charge in [0.1, 0.15) is 0 Å². The Bertz CT molecular complexity index is 356. The molecular weight excluding hydrogens is 284 g/mol. The second kappa shape index (κ2) is 4.77. The van der Waals surface area contributed by atoms with Gasteiger partial charge in [0.05, 0.1) is 6.04 Å². The van der Waals surface area contributed by atoms with Crippen molar-refractivity contribution in [2.45, 2.75) is 45.3 Å². The SMILES string of the molecule is Cc1sc(C2C(N)CCN2C(C)C)cc1Br. The van der Waals surface area contributed by atoms with Gasteiger partial charge >= 0.3 is 0 Å².